The number of urea groups is 1. The van der Waals surface area contributed by atoms with Crippen LogP contribution in [0.15, 0.2) is 24.3 Å². The van der Waals surface area contributed by atoms with Gasteiger partial charge in [-0.1, -0.05) is 12.1 Å². The molecule has 0 spiro atoms. The Kier molecular flexibility index (Phi) is 7.30. The van der Waals surface area contributed by atoms with Gasteiger partial charge in [0.25, 0.3) is 0 Å². The molecule has 1 atom stereocenters. The van der Waals surface area contributed by atoms with E-state index in [2.05, 4.69) is 15.5 Å². The molecule has 2 rings (SSSR count). The molecule has 7 nitrogen and oxygen atoms in total. The molecule has 0 radical (unpaired) electrons. The number of aliphatic hydroxyl groups is 2. The highest BCUT2D eigenvalue weighted by Crippen LogP contribution is 2.17. The lowest BCUT2D eigenvalue weighted by Crippen LogP contribution is -2.40. The monoisotopic (exact) mass is 337 g/mol. The van der Waals surface area contributed by atoms with E-state index in [9.17, 15) is 20.1 Å². The molecule has 0 aliphatic carbocycles. The third kappa shape index (κ3) is 6.35. The summed E-state index contributed by atoms with van der Waals surface area (Å²) in [6, 6.07) is 6.02. The molecule has 7 heteroatoms. The standard InChI is InChI=1S/C17H27N3O4/c21-14-5-9-20(10-6-14)8-2-7-18-17(24)19-12-16(23)13-3-1-4-15(22)11-13/h1,3-4,11,14,16,21-23H,2,5-10,12H2,(H2,18,19,24)/t16-/m1/s1. The van der Waals surface area contributed by atoms with Crippen LogP contribution in [0.2, 0.25) is 0 Å². The molecule has 1 saturated heterocycles. The molecule has 1 aliphatic heterocycles. The molecular weight excluding hydrogens is 310 g/mol. The minimum atomic E-state index is -0.859. The van der Waals surface area contributed by atoms with E-state index in [1.165, 1.54) is 12.1 Å². The fraction of sp³-hybridized carbons (Fsp3) is 0.588. The van der Waals surface area contributed by atoms with Gasteiger partial charge in [0.15, 0.2) is 0 Å². The summed E-state index contributed by atoms with van der Waals surface area (Å²) in [6.45, 7) is 3.36. The average molecular weight is 337 g/mol. The van der Waals surface area contributed by atoms with E-state index in [-0.39, 0.29) is 24.4 Å². The second kappa shape index (κ2) is 9.46. The zero-order valence-corrected chi connectivity index (χ0v) is 13.8. The van der Waals surface area contributed by atoms with Gasteiger partial charge in [0.05, 0.1) is 12.2 Å². The van der Waals surface area contributed by atoms with Crippen LogP contribution in [0.4, 0.5) is 4.79 Å². The average Bonchev–Trinajstić information content (AvgIpc) is 2.58. The van der Waals surface area contributed by atoms with Gasteiger partial charge < -0.3 is 30.9 Å². The van der Waals surface area contributed by atoms with Crippen LogP contribution in [-0.4, -0.2) is 65.1 Å². The zero-order chi connectivity index (χ0) is 17.4. The lowest BCUT2D eigenvalue weighted by molar-refractivity contribution is 0.0822. The number of aromatic hydroxyl groups is 1. The van der Waals surface area contributed by atoms with Gasteiger partial charge in [0, 0.05) is 26.2 Å². The number of aliphatic hydroxyl groups excluding tert-OH is 2. The number of hydrogen-bond donors (Lipinski definition) is 5. The third-order valence-electron chi connectivity index (χ3n) is 4.20. The smallest absolute Gasteiger partial charge is 0.314 e. The predicted octanol–water partition coefficient (Wildman–Crippen LogP) is 0.572. The van der Waals surface area contributed by atoms with E-state index >= 15 is 0 Å². The van der Waals surface area contributed by atoms with Crippen LogP contribution in [0.5, 0.6) is 5.75 Å². The molecule has 0 unspecified atom stereocenters. The minimum Gasteiger partial charge on any atom is -0.508 e. The van der Waals surface area contributed by atoms with Crippen LogP contribution in [0.1, 0.15) is 30.9 Å². The van der Waals surface area contributed by atoms with E-state index in [4.69, 9.17) is 0 Å². The lowest BCUT2D eigenvalue weighted by Gasteiger charge is -2.29. The molecule has 1 aromatic carbocycles. The maximum atomic E-state index is 11.7. The molecule has 1 aliphatic rings. The Morgan fingerprint density at radius 1 is 1.29 bits per heavy atom. The first-order valence-electron chi connectivity index (χ1n) is 8.43. The predicted molar refractivity (Wildman–Crippen MR) is 90.8 cm³/mol. The summed E-state index contributed by atoms with van der Waals surface area (Å²) < 4.78 is 0. The first-order valence-corrected chi connectivity index (χ1v) is 8.43. The summed E-state index contributed by atoms with van der Waals surface area (Å²) >= 11 is 0. The Morgan fingerprint density at radius 2 is 2.04 bits per heavy atom. The summed E-state index contributed by atoms with van der Waals surface area (Å²) in [7, 11) is 0. The maximum Gasteiger partial charge on any atom is 0.314 e. The van der Waals surface area contributed by atoms with Crippen molar-refractivity contribution in [1.29, 1.82) is 0 Å². The van der Waals surface area contributed by atoms with Gasteiger partial charge in [-0.2, -0.15) is 0 Å². The maximum absolute atomic E-state index is 11.7. The minimum absolute atomic E-state index is 0.0826. The summed E-state index contributed by atoms with van der Waals surface area (Å²) in [4.78, 5) is 14.0. The van der Waals surface area contributed by atoms with E-state index in [1.807, 2.05) is 0 Å². The highest BCUT2D eigenvalue weighted by Gasteiger charge is 2.16. The molecule has 2 amide bonds. The van der Waals surface area contributed by atoms with E-state index in [0.29, 0.717) is 12.1 Å². The Bertz CT molecular complexity index is 518. The van der Waals surface area contributed by atoms with E-state index in [0.717, 1.165) is 38.9 Å². The molecule has 1 heterocycles. The van der Waals surface area contributed by atoms with Gasteiger partial charge in [-0.25, -0.2) is 4.79 Å². The zero-order valence-electron chi connectivity index (χ0n) is 13.8. The largest absolute Gasteiger partial charge is 0.508 e. The van der Waals surface area contributed by atoms with Crippen molar-refractivity contribution in [2.24, 2.45) is 0 Å². The molecule has 5 N–H and O–H groups in total. The molecule has 0 saturated carbocycles. The first-order chi connectivity index (χ1) is 11.5. The molecule has 1 fully saturated rings. The number of phenols is 1. The Morgan fingerprint density at radius 3 is 2.75 bits per heavy atom. The van der Waals surface area contributed by atoms with E-state index in [1.54, 1.807) is 12.1 Å². The van der Waals surface area contributed by atoms with E-state index < -0.39 is 6.10 Å². The van der Waals surface area contributed by atoms with Crippen LogP contribution in [0.3, 0.4) is 0 Å². The summed E-state index contributed by atoms with van der Waals surface area (Å²) in [5.41, 5.74) is 0.558. The highest BCUT2D eigenvalue weighted by atomic mass is 16.3. The van der Waals surface area contributed by atoms with Crippen LogP contribution >= 0.6 is 0 Å². The highest BCUT2D eigenvalue weighted by molar-refractivity contribution is 5.73. The van der Waals surface area contributed by atoms with Crippen LogP contribution in [0.25, 0.3) is 0 Å². The second-order valence-electron chi connectivity index (χ2n) is 6.17. The molecular formula is C17H27N3O4. The number of likely N-dealkylation sites (tertiary alicyclic amines) is 1. The molecule has 0 bridgehead atoms. The van der Waals surface area contributed by atoms with Crippen LogP contribution < -0.4 is 10.6 Å². The number of carbonyl (C=O) groups excluding carboxylic acids is 1. The van der Waals surface area contributed by atoms with Crippen molar-refractivity contribution in [2.45, 2.75) is 31.5 Å². The molecule has 1 aromatic rings. The molecule has 134 valence electrons. The Hall–Kier alpha value is -1.83. The van der Waals surface area contributed by atoms with Gasteiger partial charge in [0.1, 0.15) is 5.75 Å². The molecule has 24 heavy (non-hydrogen) atoms. The fourth-order valence-electron chi connectivity index (χ4n) is 2.75. The number of nitrogens with one attached hydrogen (secondary N) is 2. The van der Waals surface area contributed by atoms with Crippen molar-refractivity contribution < 1.29 is 20.1 Å². The van der Waals surface area contributed by atoms with Crippen LogP contribution in [-0.2, 0) is 0 Å². The topological polar surface area (TPSA) is 105 Å². The SMILES string of the molecule is O=C(NCCCN1CCC(O)CC1)NC[C@@H](O)c1cccc(O)c1. The fourth-order valence-corrected chi connectivity index (χ4v) is 2.75. The quantitative estimate of drug-likeness (QED) is 0.468. The van der Waals surface area contributed by atoms with Gasteiger partial charge in [-0.05, 0) is 43.5 Å². The summed E-state index contributed by atoms with van der Waals surface area (Å²) in [5, 5.41) is 34.2. The van der Waals surface area contributed by atoms with Gasteiger partial charge >= 0.3 is 6.03 Å². The van der Waals surface area contributed by atoms with Gasteiger partial charge in [-0.15, -0.1) is 0 Å². The van der Waals surface area contributed by atoms with Crippen molar-refractivity contribution in [2.75, 3.05) is 32.7 Å². The number of amides is 2. The van der Waals surface area contributed by atoms with Crippen molar-refractivity contribution in [3.63, 3.8) is 0 Å². The Balaban J connectivity index is 1.56. The second-order valence-corrected chi connectivity index (χ2v) is 6.17. The number of rotatable bonds is 7. The van der Waals surface area contributed by atoms with Crippen LogP contribution in [0, 0.1) is 0 Å². The normalized spacial score (nSPS) is 17.4. The third-order valence-corrected chi connectivity index (χ3v) is 4.20. The van der Waals surface area contributed by atoms with Crippen molar-refractivity contribution >= 4 is 6.03 Å². The van der Waals surface area contributed by atoms with Crippen molar-refractivity contribution in [3.8, 4) is 5.75 Å². The molecule has 0 aromatic heterocycles. The van der Waals surface area contributed by atoms with Crippen molar-refractivity contribution in [1.82, 2.24) is 15.5 Å². The number of nitrogens with zero attached hydrogens (tertiary/aromatic N) is 1. The number of hydrogen-bond acceptors (Lipinski definition) is 5. The number of benzene rings is 1. The van der Waals surface area contributed by atoms with Gasteiger partial charge in [-0.3, -0.25) is 0 Å². The summed E-state index contributed by atoms with van der Waals surface area (Å²) in [5.74, 6) is 0.0845. The number of piperidine rings is 1. The lowest BCUT2D eigenvalue weighted by atomic mass is 10.1. The number of carbonyl (C=O) groups is 1. The van der Waals surface area contributed by atoms with Gasteiger partial charge in [0.2, 0.25) is 0 Å². The van der Waals surface area contributed by atoms with Crippen molar-refractivity contribution in [3.05, 3.63) is 29.8 Å². The summed E-state index contributed by atoms with van der Waals surface area (Å²) in [6.07, 6.45) is 1.46. The Labute approximate surface area is 142 Å². The first kappa shape index (κ1) is 18.5. The number of phenolic OH excluding ortho intramolecular Hbond substituents is 1.